The number of ketones is 1. The Labute approximate surface area is 132 Å². The summed E-state index contributed by atoms with van der Waals surface area (Å²) in [6.45, 7) is 4.12. The Morgan fingerprint density at radius 1 is 1.10 bits per heavy atom. The smallest absolute Gasteiger partial charge is 0.147 e. The van der Waals surface area contributed by atoms with Gasteiger partial charge in [-0.3, -0.25) is 4.79 Å². The molecule has 0 spiro atoms. The highest BCUT2D eigenvalue weighted by Crippen LogP contribution is 2.21. The second-order valence-electron chi connectivity index (χ2n) is 4.89. The van der Waals surface area contributed by atoms with Crippen molar-refractivity contribution in [2.24, 2.45) is 0 Å². The Bertz CT molecular complexity index is 605. The van der Waals surface area contributed by atoms with Gasteiger partial charge in [0.1, 0.15) is 5.78 Å². The molecular weight excluding hydrogens is 332 g/mol. The van der Waals surface area contributed by atoms with E-state index in [2.05, 4.69) is 48.0 Å². The summed E-state index contributed by atoms with van der Waals surface area (Å²) in [4.78, 5) is 13.2. The first kappa shape index (κ1) is 15.3. The molecule has 0 aliphatic rings. The lowest BCUT2D eigenvalue weighted by molar-refractivity contribution is -0.116. The van der Waals surface area contributed by atoms with Crippen LogP contribution in [0, 0.1) is 13.8 Å². The molecule has 20 heavy (non-hydrogen) atoms. The maximum atomic E-state index is 12.1. The number of halogens is 1. The fourth-order valence-electron chi connectivity index (χ4n) is 1.95. The minimum atomic E-state index is 0.270. The van der Waals surface area contributed by atoms with Crippen molar-refractivity contribution in [3.05, 3.63) is 63.6 Å². The molecule has 2 rings (SSSR count). The van der Waals surface area contributed by atoms with Crippen LogP contribution in [-0.4, -0.2) is 11.5 Å². The predicted molar refractivity (Wildman–Crippen MR) is 89.5 cm³/mol. The molecule has 0 amide bonds. The van der Waals surface area contributed by atoms with Crippen LogP contribution in [0.15, 0.2) is 51.8 Å². The summed E-state index contributed by atoms with van der Waals surface area (Å²) in [5.41, 5.74) is 3.54. The lowest BCUT2D eigenvalue weighted by atomic mass is 10.0. The van der Waals surface area contributed by atoms with Gasteiger partial charge in [-0.05, 0) is 49.2 Å². The molecule has 0 atom stereocenters. The highest BCUT2D eigenvalue weighted by Gasteiger charge is 2.07. The van der Waals surface area contributed by atoms with E-state index < -0.39 is 0 Å². The molecule has 0 heterocycles. The summed E-state index contributed by atoms with van der Waals surface area (Å²) in [5.74, 6) is 0.793. The minimum absolute atomic E-state index is 0.270. The molecule has 0 aliphatic carbocycles. The summed E-state index contributed by atoms with van der Waals surface area (Å²) in [7, 11) is 0. The van der Waals surface area contributed by atoms with Gasteiger partial charge in [0.25, 0.3) is 0 Å². The monoisotopic (exact) mass is 348 g/mol. The number of benzene rings is 2. The van der Waals surface area contributed by atoms with Gasteiger partial charge < -0.3 is 0 Å². The van der Waals surface area contributed by atoms with Crippen LogP contribution in [0.1, 0.15) is 16.7 Å². The largest absolute Gasteiger partial charge is 0.298 e. The highest BCUT2D eigenvalue weighted by molar-refractivity contribution is 9.10. The SMILES string of the molecule is Cc1ccc(C)c(CC(=O)CSc2ccc(Br)cc2)c1. The van der Waals surface area contributed by atoms with Crippen LogP contribution < -0.4 is 0 Å². The molecule has 0 radical (unpaired) electrons. The second-order valence-corrected chi connectivity index (χ2v) is 6.85. The maximum absolute atomic E-state index is 12.1. The molecule has 0 aromatic heterocycles. The first-order valence-electron chi connectivity index (χ1n) is 6.51. The summed E-state index contributed by atoms with van der Waals surface area (Å²) in [5, 5.41) is 0. The van der Waals surface area contributed by atoms with E-state index in [0.717, 1.165) is 14.9 Å². The summed E-state index contributed by atoms with van der Waals surface area (Å²) in [6.07, 6.45) is 0.525. The van der Waals surface area contributed by atoms with E-state index in [1.807, 2.05) is 24.3 Å². The van der Waals surface area contributed by atoms with Crippen molar-refractivity contribution in [3.8, 4) is 0 Å². The van der Waals surface area contributed by atoms with Crippen LogP contribution in [0.4, 0.5) is 0 Å². The molecule has 0 N–H and O–H groups in total. The number of carbonyl (C=O) groups excluding carboxylic acids is 1. The number of rotatable bonds is 5. The lowest BCUT2D eigenvalue weighted by Gasteiger charge is -2.06. The Morgan fingerprint density at radius 3 is 2.50 bits per heavy atom. The van der Waals surface area contributed by atoms with E-state index in [-0.39, 0.29) is 5.78 Å². The Balaban J connectivity index is 1.92. The van der Waals surface area contributed by atoms with Gasteiger partial charge in [-0.15, -0.1) is 11.8 Å². The van der Waals surface area contributed by atoms with E-state index in [0.29, 0.717) is 12.2 Å². The van der Waals surface area contributed by atoms with Crippen LogP contribution >= 0.6 is 27.7 Å². The quantitative estimate of drug-likeness (QED) is 0.709. The third-order valence-corrected chi connectivity index (χ3v) is 4.71. The Morgan fingerprint density at radius 2 is 1.80 bits per heavy atom. The average molecular weight is 349 g/mol. The third-order valence-electron chi connectivity index (χ3n) is 3.11. The molecule has 1 nitrogen and oxygen atoms in total. The molecular formula is C17H17BrOS. The molecule has 0 saturated heterocycles. The van der Waals surface area contributed by atoms with Crippen LogP contribution in [0.3, 0.4) is 0 Å². The lowest BCUT2D eigenvalue weighted by Crippen LogP contribution is -2.07. The standard InChI is InChI=1S/C17H17BrOS/c1-12-3-4-13(2)14(9-12)10-16(19)11-20-17-7-5-15(18)6-8-17/h3-9H,10-11H2,1-2H3. The number of aryl methyl sites for hydroxylation is 2. The number of thioether (sulfide) groups is 1. The van der Waals surface area contributed by atoms with Gasteiger partial charge in [-0.2, -0.15) is 0 Å². The van der Waals surface area contributed by atoms with Gasteiger partial charge in [0, 0.05) is 15.8 Å². The van der Waals surface area contributed by atoms with Crippen molar-refractivity contribution in [3.63, 3.8) is 0 Å². The van der Waals surface area contributed by atoms with Gasteiger partial charge in [0.15, 0.2) is 0 Å². The highest BCUT2D eigenvalue weighted by atomic mass is 79.9. The summed E-state index contributed by atoms with van der Waals surface area (Å²) < 4.78 is 1.06. The molecule has 3 heteroatoms. The number of Topliss-reactive ketones (excluding diaryl/α,β-unsaturated/α-hetero) is 1. The van der Waals surface area contributed by atoms with E-state index in [9.17, 15) is 4.79 Å². The van der Waals surface area contributed by atoms with Gasteiger partial charge in [0.05, 0.1) is 5.75 Å². The first-order chi connectivity index (χ1) is 9.54. The van der Waals surface area contributed by atoms with Gasteiger partial charge in [-0.1, -0.05) is 39.7 Å². The predicted octanol–water partition coefficient (Wildman–Crippen LogP) is 4.97. The molecule has 0 aliphatic heterocycles. The van der Waals surface area contributed by atoms with Crippen molar-refractivity contribution >= 4 is 33.5 Å². The molecule has 0 unspecified atom stereocenters. The molecule has 0 bridgehead atoms. The average Bonchev–Trinajstić information content (AvgIpc) is 2.42. The zero-order valence-electron chi connectivity index (χ0n) is 11.7. The van der Waals surface area contributed by atoms with E-state index in [1.165, 1.54) is 11.1 Å². The summed E-state index contributed by atoms with van der Waals surface area (Å²) in [6, 6.07) is 14.3. The molecule has 2 aromatic rings. The molecule has 0 fully saturated rings. The third kappa shape index (κ3) is 4.50. The van der Waals surface area contributed by atoms with Crippen LogP contribution in [-0.2, 0) is 11.2 Å². The number of hydrogen-bond donors (Lipinski definition) is 0. The fraction of sp³-hybridized carbons (Fsp3) is 0.235. The Hall–Kier alpha value is -1.06. The van der Waals surface area contributed by atoms with Crippen molar-refractivity contribution in [1.29, 1.82) is 0 Å². The Kier molecular flexibility index (Phi) is 5.44. The molecule has 104 valence electrons. The first-order valence-corrected chi connectivity index (χ1v) is 8.28. The number of hydrogen-bond acceptors (Lipinski definition) is 2. The van der Waals surface area contributed by atoms with Crippen molar-refractivity contribution in [2.45, 2.75) is 25.2 Å². The van der Waals surface area contributed by atoms with Crippen molar-refractivity contribution in [1.82, 2.24) is 0 Å². The van der Waals surface area contributed by atoms with Gasteiger partial charge in [0.2, 0.25) is 0 Å². The van der Waals surface area contributed by atoms with Crippen molar-refractivity contribution in [2.75, 3.05) is 5.75 Å². The maximum Gasteiger partial charge on any atom is 0.147 e. The zero-order valence-corrected chi connectivity index (χ0v) is 14.1. The van der Waals surface area contributed by atoms with Crippen LogP contribution in [0.5, 0.6) is 0 Å². The zero-order chi connectivity index (χ0) is 14.5. The van der Waals surface area contributed by atoms with E-state index >= 15 is 0 Å². The van der Waals surface area contributed by atoms with Crippen molar-refractivity contribution < 1.29 is 4.79 Å². The fourth-order valence-corrected chi connectivity index (χ4v) is 2.97. The number of carbonyl (C=O) groups is 1. The second kappa shape index (κ2) is 7.09. The normalized spacial score (nSPS) is 10.6. The summed E-state index contributed by atoms with van der Waals surface area (Å²) >= 11 is 5.00. The van der Waals surface area contributed by atoms with E-state index in [1.54, 1.807) is 11.8 Å². The van der Waals surface area contributed by atoms with E-state index in [4.69, 9.17) is 0 Å². The topological polar surface area (TPSA) is 17.1 Å². The molecule has 2 aromatic carbocycles. The minimum Gasteiger partial charge on any atom is -0.298 e. The van der Waals surface area contributed by atoms with Gasteiger partial charge in [-0.25, -0.2) is 0 Å². The molecule has 0 saturated carbocycles. The van der Waals surface area contributed by atoms with Gasteiger partial charge >= 0.3 is 0 Å². The van der Waals surface area contributed by atoms with Crippen LogP contribution in [0.25, 0.3) is 0 Å². The van der Waals surface area contributed by atoms with Crippen LogP contribution in [0.2, 0.25) is 0 Å².